The number of nitrogens with zero attached hydrogens (tertiary/aromatic N) is 2. The summed E-state index contributed by atoms with van der Waals surface area (Å²) in [4.78, 5) is 18.8. The monoisotopic (exact) mass is 366 g/mol. The van der Waals surface area contributed by atoms with Crippen molar-refractivity contribution in [3.63, 3.8) is 0 Å². The number of carbonyl (C=O) groups is 1. The summed E-state index contributed by atoms with van der Waals surface area (Å²) in [6.45, 7) is 6.85. The number of esters is 1. The zero-order valence-corrected chi connectivity index (χ0v) is 16.0. The van der Waals surface area contributed by atoms with Crippen molar-refractivity contribution in [2.24, 2.45) is 10.9 Å². The molecule has 2 rings (SSSR count). The number of alkyl halides is 2. The molecule has 144 valence electrons. The van der Waals surface area contributed by atoms with Crippen LogP contribution in [-0.4, -0.2) is 43.3 Å². The van der Waals surface area contributed by atoms with E-state index in [2.05, 4.69) is 4.99 Å². The molecule has 0 saturated heterocycles. The molecule has 0 radical (unpaired) electrons. The Morgan fingerprint density at radius 2 is 1.96 bits per heavy atom. The third kappa shape index (κ3) is 5.51. The first-order chi connectivity index (χ1) is 12.2. The zero-order chi connectivity index (χ0) is 19.3. The second kappa shape index (κ2) is 8.60. The highest BCUT2D eigenvalue weighted by molar-refractivity contribution is 5.92. The van der Waals surface area contributed by atoms with E-state index in [4.69, 9.17) is 4.74 Å². The highest BCUT2D eigenvalue weighted by atomic mass is 19.3. The minimum atomic E-state index is -2.56. The third-order valence-electron chi connectivity index (χ3n) is 4.94. The maximum Gasteiger partial charge on any atom is 0.338 e. The number of ether oxygens (including phenoxy) is 1. The highest BCUT2D eigenvalue weighted by Gasteiger charge is 2.35. The zero-order valence-electron chi connectivity index (χ0n) is 16.0. The molecule has 1 aromatic carbocycles. The Morgan fingerprint density at radius 1 is 1.31 bits per heavy atom. The smallest absolute Gasteiger partial charge is 0.338 e. The Balaban J connectivity index is 1.98. The summed E-state index contributed by atoms with van der Waals surface area (Å²) in [5.41, 5.74) is 3.00. The van der Waals surface area contributed by atoms with Crippen LogP contribution in [0.3, 0.4) is 0 Å². The molecule has 0 aromatic heterocycles. The van der Waals surface area contributed by atoms with Crippen LogP contribution in [-0.2, 0) is 4.74 Å². The summed E-state index contributed by atoms with van der Waals surface area (Å²) in [5.74, 6) is -2.94. The van der Waals surface area contributed by atoms with E-state index in [9.17, 15) is 13.6 Å². The van der Waals surface area contributed by atoms with Gasteiger partial charge in [0.2, 0.25) is 5.92 Å². The number of carbonyl (C=O) groups excluding carboxylic acids is 1. The van der Waals surface area contributed by atoms with Crippen LogP contribution in [0.1, 0.15) is 54.1 Å². The molecule has 0 heterocycles. The fourth-order valence-corrected chi connectivity index (χ4v) is 2.94. The summed E-state index contributed by atoms with van der Waals surface area (Å²) < 4.78 is 31.8. The van der Waals surface area contributed by atoms with Gasteiger partial charge >= 0.3 is 5.97 Å². The van der Waals surface area contributed by atoms with Gasteiger partial charge in [0, 0.05) is 26.4 Å². The van der Waals surface area contributed by atoms with Gasteiger partial charge in [0.1, 0.15) is 0 Å². The number of halogens is 2. The second-order valence-electron chi connectivity index (χ2n) is 7.17. The van der Waals surface area contributed by atoms with E-state index in [-0.39, 0.29) is 25.4 Å². The molecule has 0 bridgehead atoms. The van der Waals surface area contributed by atoms with Crippen molar-refractivity contribution in [3.05, 3.63) is 28.8 Å². The van der Waals surface area contributed by atoms with Crippen LogP contribution in [0.15, 0.2) is 17.1 Å². The lowest BCUT2D eigenvalue weighted by atomic mass is 9.87. The molecule has 0 N–H and O–H groups in total. The van der Waals surface area contributed by atoms with Crippen molar-refractivity contribution in [3.8, 4) is 0 Å². The summed E-state index contributed by atoms with van der Waals surface area (Å²) in [6, 6.07) is 3.65. The van der Waals surface area contributed by atoms with Gasteiger partial charge in [0.15, 0.2) is 0 Å². The van der Waals surface area contributed by atoms with Gasteiger partial charge in [-0.2, -0.15) is 0 Å². The number of rotatable bonds is 6. The molecule has 1 fully saturated rings. The lowest BCUT2D eigenvalue weighted by Crippen LogP contribution is -2.27. The minimum absolute atomic E-state index is 0.0217. The highest BCUT2D eigenvalue weighted by Crippen LogP contribution is 2.36. The molecule has 0 aliphatic heterocycles. The van der Waals surface area contributed by atoms with E-state index in [0.29, 0.717) is 18.4 Å². The first-order valence-corrected chi connectivity index (χ1v) is 9.12. The van der Waals surface area contributed by atoms with Crippen LogP contribution in [0.5, 0.6) is 0 Å². The number of hydrogen-bond donors (Lipinski definition) is 0. The van der Waals surface area contributed by atoms with Gasteiger partial charge < -0.3 is 9.64 Å². The molecule has 0 atom stereocenters. The Labute approximate surface area is 154 Å². The van der Waals surface area contributed by atoms with Gasteiger partial charge in [-0.15, -0.1) is 0 Å². The molecule has 1 saturated carbocycles. The standard InChI is InChI=1S/C20H28F2N2O2/c1-5-24(4)13-23-18-11-14(2)17(10-15(18)3)19(25)26-12-16-6-8-20(21,22)9-7-16/h10-11,13,16H,5-9,12H2,1-4H3/b23-13+. The summed E-state index contributed by atoms with van der Waals surface area (Å²) in [5, 5.41) is 0. The van der Waals surface area contributed by atoms with Gasteiger partial charge in [-0.1, -0.05) is 0 Å². The van der Waals surface area contributed by atoms with Crippen molar-refractivity contribution < 1.29 is 18.3 Å². The average molecular weight is 366 g/mol. The molecule has 1 aliphatic carbocycles. The molecule has 26 heavy (non-hydrogen) atoms. The quantitative estimate of drug-likeness (QED) is 0.409. The summed E-state index contributed by atoms with van der Waals surface area (Å²) >= 11 is 0. The molecular formula is C20H28F2N2O2. The van der Waals surface area contributed by atoms with E-state index < -0.39 is 11.9 Å². The van der Waals surface area contributed by atoms with Crippen molar-refractivity contribution in [2.45, 2.75) is 52.4 Å². The van der Waals surface area contributed by atoms with Crippen LogP contribution in [0.4, 0.5) is 14.5 Å². The molecule has 1 aromatic rings. The molecular weight excluding hydrogens is 338 g/mol. The summed E-state index contributed by atoms with van der Waals surface area (Å²) in [7, 11) is 1.94. The maximum absolute atomic E-state index is 13.2. The van der Waals surface area contributed by atoms with Gasteiger partial charge in [-0.3, -0.25) is 0 Å². The fourth-order valence-electron chi connectivity index (χ4n) is 2.94. The van der Waals surface area contributed by atoms with Crippen LogP contribution in [0.2, 0.25) is 0 Å². The van der Waals surface area contributed by atoms with Gasteiger partial charge in [0.05, 0.1) is 24.2 Å². The second-order valence-corrected chi connectivity index (χ2v) is 7.17. The average Bonchev–Trinajstić information content (AvgIpc) is 2.60. The fraction of sp³-hybridized carbons (Fsp3) is 0.600. The van der Waals surface area contributed by atoms with Crippen molar-refractivity contribution >= 4 is 18.0 Å². The van der Waals surface area contributed by atoms with Gasteiger partial charge in [0.25, 0.3) is 0 Å². The number of hydrogen-bond acceptors (Lipinski definition) is 3. The number of benzene rings is 1. The lowest BCUT2D eigenvalue weighted by Gasteiger charge is -2.27. The first-order valence-electron chi connectivity index (χ1n) is 9.12. The van der Waals surface area contributed by atoms with Gasteiger partial charge in [-0.05, 0) is 62.8 Å². The van der Waals surface area contributed by atoms with Crippen molar-refractivity contribution in [1.82, 2.24) is 4.90 Å². The van der Waals surface area contributed by atoms with E-state index >= 15 is 0 Å². The number of aliphatic imine (C=N–C) groups is 1. The van der Waals surface area contributed by atoms with Crippen LogP contribution in [0, 0.1) is 19.8 Å². The van der Waals surface area contributed by atoms with Crippen molar-refractivity contribution in [2.75, 3.05) is 20.2 Å². The predicted molar refractivity (Wildman–Crippen MR) is 99.6 cm³/mol. The minimum Gasteiger partial charge on any atom is -0.462 e. The van der Waals surface area contributed by atoms with Crippen LogP contribution in [0.25, 0.3) is 0 Å². The molecule has 6 heteroatoms. The van der Waals surface area contributed by atoms with Gasteiger partial charge in [-0.25, -0.2) is 18.6 Å². The largest absolute Gasteiger partial charge is 0.462 e. The van der Waals surface area contributed by atoms with Crippen LogP contribution < -0.4 is 0 Å². The third-order valence-corrected chi connectivity index (χ3v) is 4.94. The molecule has 0 amide bonds. The molecule has 1 aliphatic rings. The normalized spacial score (nSPS) is 17.5. The molecule has 4 nitrogen and oxygen atoms in total. The maximum atomic E-state index is 13.2. The Bertz CT molecular complexity index is 664. The summed E-state index contributed by atoms with van der Waals surface area (Å²) in [6.07, 6.45) is 2.32. The molecule has 0 unspecified atom stereocenters. The first kappa shape index (κ1) is 20.3. The van der Waals surface area contributed by atoms with E-state index in [1.807, 2.05) is 38.8 Å². The predicted octanol–water partition coefficient (Wildman–Crippen LogP) is 4.90. The Kier molecular flexibility index (Phi) is 6.73. The van der Waals surface area contributed by atoms with E-state index in [1.54, 1.807) is 12.4 Å². The van der Waals surface area contributed by atoms with Crippen molar-refractivity contribution in [1.29, 1.82) is 0 Å². The SMILES string of the molecule is CCN(C)/C=N/c1cc(C)c(C(=O)OCC2CCC(F)(F)CC2)cc1C. The topological polar surface area (TPSA) is 41.9 Å². The Hall–Kier alpha value is -1.98. The number of aryl methyl sites for hydroxylation is 2. The van der Waals surface area contributed by atoms with E-state index in [0.717, 1.165) is 23.4 Å². The Morgan fingerprint density at radius 3 is 2.58 bits per heavy atom. The van der Waals surface area contributed by atoms with E-state index in [1.165, 1.54) is 0 Å². The lowest BCUT2D eigenvalue weighted by molar-refractivity contribution is -0.0526. The van der Waals surface area contributed by atoms with Crippen LogP contribution >= 0.6 is 0 Å². The molecule has 0 spiro atoms.